The molecule has 0 atom stereocenters. The Bertz CT molecular complexity index is 1300. The fourth-order valence-corrected chi connectivity index (χ4v) is 4.67. The zero-order valence-electron chi connectivity index (χ0n) is 18.2. The minimum atomic E-state index is -0.458. The highest BCUT2D eigenvalue weighted by molar-refractivity contribution is 6.12. The van der Waals surface area contributed by atoms with Gasteiger partial charge in [-0.2, -0.15) is 5.10 Å². The van der Waals surface area contributed by atoms with Crippen molar-refractivity contribution in [2.75, 3.05) is 25.0 Å². The number of carbonyl (C=O) groups excluding carboxylic acids is 1. The Labute approximate surface area is 185 Å². The van der Waals surface area contributed by atoms with Crippen LogP contribution in [0.15, 0.2) is 42.7 Å². The first-order valence-corrected chi connectivity index (χ1v) is 11.0. The molecule has 1 saturated heterocycles. The Balaban J connectivity index is 1.58. The van der Waals surface area contributed by atoms with Crippen LogP contribution in [-0.2, 0) is 0 Å². The van der Waals surface area contributed by atoms with Crippen LogP contribution in [0.2, 0.25) is 0 Å². The van der Waals surface area contributed by atoms with Crippen molar-refractivity contribution in [1.29, 1.82) is 0 Å². The number of likely N-dealkylation sites (tertiary alicyclic amines) is 1. The van der Waals surface area contributed by atoms with Gasteiger partial charge >= 0.3 is 0 Å². The molecule has 1 N–H and O–H groups in total. The van der Waals surface area contributed by atoms with Crippen LogP contribution in [0.5, 0.6) is 0 Å². The molecule has 3 aromatic heterocycles. The smallest absolute Gasteiger partial charge is 0.257 e. The first kappa shape index (κ1) is 20.5. The van der Waals surface area contributed by atoms with E-state index >= 15 is 0 Å². The summed E-state index contributed by atoms with van der Waals surface area (Å²) in [5, 5.41) is 11.9. The lowest BCUT2D eigenvalue weighted by Crippen LogP contribution is -2.33. The molecule has 4 heterocycles. The third kappa shape index (κ3) is 3.60. The third-order valence-corrected chi connectivity index (χ3v) is 6.31. The monoisotopic (exact) mass is 432 g/mol. The summed E-state index contributed by atoms with van der Waals surface area (Å²) in [7, 11) is 0. The number of piperidine rings is 1. The van der Waals surface area contributed by atoms with E-state index < -0.39 is 5.82 Å². The quantitative estimate of drug-likeness (QED) is 0.524. The van der Waals surface area contributed by atoms with Gasteiger partial charge in [-0.1, -0.05) is 19.1 Å². The Morgan fingerprint density at radius 1 is 1.25 bits per heavy atom. The Morgan fingerprint density at radius 3 is 2.84 bits per heavy atom. The van der Waals surface area contributed by atoms with E-state index in [0.717, 1.165) is 49.2 Å². The second kappa shape index (κ2) is 8.27. The molecule has 1 amide bonds. The molecule has 4 aromatic rings. The molecule has 1 aromatic carbocycles. The number of rotatable bonds is 4. The van der Waals surface area contributed by atoms with Gasteiger partial charge in [0.15, 0.2) is 11.5 Å². The highest BCUT2D eigenvalue weighted by Crippen LogP contribution is 2.35. The van der Waals surface area contributed by atoms with Crippen molar-refractivity contribution in [3.8, 4) is 0 Å². The van der Waals surface area contributed by atoms with E-state index in [1.54, 1.807) is 12.3 Å². The fourth-order valence-electron chi connectivity index (χ4n) is 4.67. The van der Waals surface area contributed by atoms with Crippen LogP contribution in [0.4, 0.5) is 10.1 Å². The van der Waals surface area contributed by atoms with Crippen molar-refractivity contribution in [3.05, 3.63) is 65.5 Å². The summed E-state index contributed by atoms with van der Waals surface area (Å²) in [5.41, 5.74) is 3.34. The maximum absolute atomic E-state index is 15.0. The summed E-state index contributed by atoms with van der Waals surface area (Å²) in [4.78, 5) is 20.1. The minimum absolute atomic E-state index is 0.192. The highest BCUT2D eigenvalue weighted by Gasteiger charge is 2.27. The van der Waals surface area contributed by atoms with Gasteiger partial charge in [0.2, 0.25) is 0 Å². The van der Waals surface area contributed by atoms with Crippen LogP contribution >= 0.6 is 0 Å². The molecular formula is C24H25FN6O. The van der Waals surface area contributed by atoms with E-state index in [4.69, 9.17) is 0 Å². The molecule has 32 heavy (non-hydrogen) atoms. The first-order valence-electron chi connectivity index (χ1n) is 11.0. The number of pyridine rings is 1. The molecule has 1 fully saturated rings. The van der Waals surface area contributed by atoms with Crippen LogP contribution in [0.25, 0.3) is 16.6 Å². The normalized spacial score (nSPS) is 15.5. The van der Waals surface area contributed by atoms with Gasteiger partial charge in [-0.05, 0) is 51.5 Å². The maximum Gasteiger partial charge on any atom is 0.257 e. The number of amides is 1. The lowest BCUT2D eigenvalue weighted by Gasteiger charge is -2.32. The average molecular weight is 433 g/mol. The summed E-state index contributed by atoms with van der Waals surface area (Å²) in [5.74, 6) is -0.600. The van der Waals surface area contributed by atoms with Crippen LogP contribution in [-0.4, -0.2) is 50.0 Å². The van der Waals surface area contributed by atoms with Gasteiger partial charge in [0.25, 0.3) is 5.91 Å². The summed E-state index contributed by atoms with van der Waals surface area (Å²) >= 11 is 0. The lowest BCUT2D eigenvalue weighted by atomic mass is 9.91. The molecule has 0 saturated carbocycles. The topological polar surface area (TPSA) is 75.4 Å². The predicted octanol–water partition coefficient (Wildman–Crippen LogP) is 4.18. The summed E-state index contributed by atoms with van der Waals surface area (Å²) < 4.78 is 16.8. The highest BCUT2D eigenvalue weighted by atomic mass is 19.1. The zero-order valence-corrected chi connectivity index (χ0v) is 18.2. The number of imidazole rings is 1. The van der Waals surface area contributed by atoms with Crippen molar-refractivity contribution >= 4 is 28.1 Å². The Morgan fingerprint density at radius 2 is 2.06 bits per heavy atom. The molecule has 7 nitrogen and oxygen atoms in total. The van der Waals surface area contributed by atoms with Crippen molar-refractivity contribution in [1.82, 2.24) is 24.5 Å². The molecule has 0 unspecified atom stereocenters. The SMILES string of the molecule is CCN1CCC(c2c(NC(=O)c3cccc4ccnnc34)cc(F)c3nc(C)cn23)CC1. The van der Waals surface area contributed by atoms with Gasteiger partial charge in [-0.15, -0.1) is 5.10 Å². The number of benzene rings is 1. The van der Waals surface area contributed by atoms with E-state index in [9.17, 15) is 9.18 Å². The fraction of sp³-hybridized carbons (Fsp3) is 0.333. The maximum atomic E-state index is 15.0. The van der Waals surface area contributed by atoms with Crippen molar-refractivity contribution < 1.29 is 9.18 Å². The van der Waals surface area contributed by atoms with Gasteiger partial charge in [-0.3, -0.25) is 9.20 Å². The van der Waals surface area contributed by atoms with E-state index in [0.29, 0.717) is 22.4 Å². The van der Waals surface area contributed by atoms with E-state index in [-0.39, 0.29) is 11.8 Å². The number of aromatic nitrogens is 4. The third-order valence-electron chi connectivity index (χ3n) is 6.31. The average Bonchev–Trinajstić information content (AvgIpc) is 3.21. The molecule has 164 valence electrons. The minimum Gasteiger partial charge on any atom is -0.320 e. The van der Waals surface area contributed by atoms with E-state index in [2.05, 4.69) is 32.3 Å². The second-order valence-electron chi connectivity index (χ2n) is 8.30. The first-order chi connectivity index (χ1) is 15.5. The number of carbonyl (C=O) groups is 1. The van der Waals surface area contributed by atoms with Gasteiger partial charge in [0, 0.05) is 23.6 Å². The molecule has 1 aliphatic heterocycles. The molecule has 8 heteroatoms. The molecule has 0 bridgehead atoms. The van der Waals surface area contributed by atoms with Crippen LogP contribution in [0.1, 0.15) is 47.4 Å². The van der Waals surface area contributed by atoms with Gasteiger partial charge in [0.1, 0.15) is 5.52 Å². The lowest BCUT2D eigenvalue weighted by molar-refractivity contribution is 0.102. The Kier molecular flexibility index (Phi) is 5.30. The number of hydrogen-bond donors (Lipinski definition) is 1. The number of hydrogen-bond acceptors (Lipinski definition) is 5. The molecule has 1 aliphatic rings. The van der Waals surface area contributed by atoms with E-state index in [1.807, 2.05) is 35.7 Å². The second-order valence-corrected chi connectivity index (χ2v) is 8.30. The van der Waals surface area contributed by atoms with Gasteiger partial charge < -0.3 is 10.2 Å². The van der Waals surface area contributed by atoms with Crippen LogP contribution in [0, 0.1) is 12.7 Å². The van der Waals surface area contributed by atoms with Crippen molar-refractivity contribution in [2.24, 2.45) is 0 Å². The molecule has 0 radical (unpaired) electrons. The number of nitrogens with one attached hydrogen (secondary N) is 1. The number of fused-ring (bicyclic) bond motifs is 2. The summed E-state index contributed by atoms with van der Waals surface area (Å²) in [6, 6.07) is 8.61. The number of halogens is 1. The molecule has 0 spiro atoms. The van der Waals surface area contributed by atoms with E-state index in [1.165, 1.54) is 6.07 Å². The summed E-state index contributed by atoms with van der Waals surface area (Å²) in [6.45, 7) is 6.97. The van der Waals surface area contributed by atoms with Crippen LogP contribution in [0.3, 0.4) is 0 Å². The zero-order chi connectivity index (χ0) is 22.2. The number of anilines is 1. The Hall–Kier alpha value is -3.39. The molecule has 5 rings (SSSR count). The number of aryl methyl sites for hydroxylation is 1. The molecule has 0 aliphatic carbocycles. The number of nitrogens with zero attached hydrogens (tertiary/aromatic N) is 5. The van der Waals surface area contributed by atoms with Crippen LogP contribution < -0.4 is 5.32 Å². The largest absolute Gasteiger partial charge is 0.320 e. The van der Waals surface area contributed by atoms with Gasteiger partial charge in [0.05, 0.1) is 28.8 Å². The van der Waals surface area contributed by atoms with Gasteiger partial charge in [-0.25, -0.2) is 9.37 Å². The van der Waals surface area contributed by atoms with Crippen molar-refractivity contribution in [3.63, 3.8) is 0 Å². The van der Waals surface area contributed by atoms with Crippen molar-refractivity contribution in [2.45, 2.75) is 32.6 Å². The predicted molar refractivity (Wildman–Crippen MR) is 121 cm³/mol. The standard InChI is InChI=1S/C24H25FN6O/c1-3-30-11-8-17(9-12-30)22-20(13-19(25)23-27-15(2)14-31(22)23)28-24(32)18-6-4-5-16-7-10-26-29-21(16)18/h4-7,10,13-14,17H,3,8-9,11-12H2,1-2H3,(H,28,32). The molecular weight excluding hydrogens is 407 g/mol. The summed E-state index contributed by atoms with van der Waals surface area (Å²) in [6.07, 6.45) is 5.32.